The molecule has 9 heteroatoms. The van der Waals surface area contributed by atoms with Crippen molar-refractivity contribution in [2.24, 2.45) is 10.6 Å². The Bertz CT molecular complexity index is 735. The molecule has 0 aliphatic heterocycles. The Kier molecular flexibility index (Phi) is 3.88. The molecule has 1 saturated carbocycles. The maximum atomic E-state index is 14.2. The van der Waals surface area contributed by atoms with Crippen molar-refractivity contribution in [2.75, 3.05) is 0 Å². The standard InChI is InChI=1S/C12H13BrF2N2O3S/c1-12(2)4-7(12)17-11(18)8-6(14)3-5(13)10(9(8)15)21(16,19)20/h3,7H,4H2,1-2H3,(H,17,18)(H2,16,19,20). The molecule has 0 bridgehead atoms. The van der Waals surface area contributed by atoms with Gasteiger partial charge in [-0.25, -0.2) is 22.3 Å². The predicted octanol–water partition coefficient (Wildman–Crippen LogP) is 1.90. The molecule has 3 N–H and O–H groups in total. The van der Waals surface area contributed by atoms with Crippen LogP contribution in [0.4, 0.5) is 8.78 Å². The quantitative estimate of drug-likeness (QED) is 0.836. The molecule has 1 aliphatic carbocycles. The lowest BCUT2D eigenvalue weighted by Gasteiger charge is -2.11. The van der Waals surface area contributed by atoms with Crippen molar-refractivity contribution in [1.82, 2.24) is 5.32 Å². The second-order valence-corrected chi connectivity index (χ2v) is 7.97. The van der Waals surface area contributed by atoms with Crippen molar-refractivity contribution in [2.45, 2.75) is 31.2 Å². The number of carbonyl (C=O) groups is 1. The van der Waals surface area contributed by atoms with Crippen LogP contribution >= 0.6 is 15.9 Å². The number of nitrogens with two attached hydrogens (primary N) is 1. The van der Waals surface area contributed by atoms with Crippen molar-refractivity contribution in [1.29, 1.82) is 0 Å². The Balaban J connectivity index is 2.47. The zero-order valence-corrected chi connectivity index (χ0v) is 13.6. The highest BCUT2D eigenvalue weighted by Crippen LogP contribution is 2.44. The summed E-state index contributed by atoms with van der Waals surface area (Å²) in [5.74, 6) is -3.67. The average Bonchev–Trinajstić information content (AvgIpc) is 2.81. The summed E-state index contributed by atoms with van der Waals surface area (Å²) in [5, 5.41) is 7.35. The van der Waals surface area contributed by atoms with Crippen LogP contribution in [-0.2, 0) is 10.0 Å². The first-order valence-electron chi connectivity index (χ1n) is 5.96. The van der Waals surface area contributed by atoms with Gasteiger partial charge in [-0.15, -0.1) is 0 Å². The fraction of sp³-hybridized carbons (Fsp3) is 0.417. The molecule has 5 nitrogen and oxygen atoms in total. The summed E-state index contributed by atoms with van der Waals surface area (Å²) in [7, 11) is -4.44. The van der Waals surface area contributed by atoms with Crippen LogP contribution in [0.3, 0.4) is 0 Å². The Morgan fingerprint density at radius 3 is 2.43 bits per heavy atom. The Morgan fingerprint density at radius 1 is 1.48 bits per heavy atom. The van der Waals surface area contributed by atoms with Gasteiger partial charge in [0.1, 0.15) is 16.3 Å². The summed E-state index contributed by atoms with van der Waals surface area (Å²) in [6.07, 6.45) is 0.681. The van der Waals surface area contributed by atoms with Gasteiger partial charge in [0.05, 0.1) is 0 Å². The molecule has 1 unspecified atom stereocenters. The zero-order valence-electron chi connectivity index (χ0n) is 11.2. The summed E-state index contributed by atoms with van der Waals surface area (Å²) in [6.45, 7) is 3.78. The smallest absolute Gasteiger partial charge is 0.257 e. The lowest BCUT2D eigenvalue weighted by Crippen LogP contribution is -2.31. The van der Waals surface area contributed by atoms with E-state index < -0.39 is 38.0 Å². The van der Waals surface area contributed by atoms with Gasteiger partial charge in [-0.05, 0) is 33.8 Å². The monoisotopic (exact) mass is 382 g/mol. The molecule has 0 heterocycles. The van der Waals surface area contributed by atoms with Crippen LogP contribution in [0.5, 0.6) is 0 Å². The van der Waals surface area contributed by atoms with E-state index in [1.165, 1.54) is 0 Å². The third kappa shape index (κ3) is 3.09. The van der Waals surface area contributed by atoms with Crippen molar-refractivity contribution >= 4 is 31.9 Å². The minimum atomic E-state index is -4.44. The molecule has 1 amide bonds. The number of halogens is 3. The number of sulfonamides is 1. The molecule has 0 aromatic heterocycles. The fourth-order valence-electron chi connectivity index (χ4n) is 1.99. The third-order valence-electron chi connectivity index (χ3n) is 3.46. The number of hydrogen-bond donors (Lipinski definition) is 2. The van der Waals surface area contributed by atoms with Gasteiger partial charge in [0, 0.05) is 10.5 Å². The Labute approximate surface area is 129 Å². The van der Waals surface area contributed by atoms with E-state index in [1.54, 1.807) is 0 Å². The topological polar surface area (TPSA) is 89.3 Å². The zero-order chi connectivity index (χ0) is 16.2. The molecule has 0 radical (unpaired) electrons. The number of carbonyl (C=O) groups excluding carboxylic acids is 1. The average molecular weight is 383 g/mol. The van der Waals surface area contributed by atoms with E-state index in [-0.39, 0.29) is 15.9 Å². The van der Waals surface area contributed by atoms with Crippen LogP contribution in [0, 0.1) is 17.0 Å². The number of benzene rings is 1. The molecule has 21 heavy (non-hydrogen) atoms. The summed E-state index contributed by atoms with van der Waals surface area (Å²) in [6, 6.07) is 0.501. The first-order chi connectivity index (χ1) is 9.45. The van der Waals surface area contributed by atoms with E-state index in [4.69, 9.17) is 5.14 Å². The van der Waals surface area contributed by atoms with Gasteiger partial charge >= 0.3 is 0 Å². The largest absolute Gasteiger partial charge is 0.349 e. The number of rotatable bonds is 3. The van der Waals surface area contributed by atoms with Crippen molar-refractivity contribution in [3.8, 4) is 0 Å². The summed E-state index contributed by atoms with van der Waals surface area (Å²) in [4.78, 5) is 11.0. The molecule has 1 fully saturated rings. The first-order valence-corrected chi connectivity index (χ1v) is 8.30. The minimum Gasteiger partial charge on any atom is -0.349 e. The molecule has 2 rings (SSSR count). The van der Waals surface area contributed by atoms with E-state index >= 15 is 0 Å². The van der Waals surface area contributed by atoms with E-state index in [2.05, 4.69) is 21.2 Å². The van der Waals surface area contributed by atoms with Crippen LogP contribution in [0.15, 0.2) is 15.4 Å². The molecule has 116 valence electrons. The Morgan fingerprint density at radius 2 is 2.00 bits per heavy atom. The highest BCUT2D eigenvalue weighted by atomic mass is 79.9. The summed E-state index contributed by atoms with van der Waals surface area (Å²) < 4.78 is 50.4. The first kappa shape index (κ1) is 16.3. The molecule has 0 spiro atoms. The van der Waals surface area contributed by atoms with E-state index in [1.807, 2.05) is 13.8 Å². The molecule has 1 aromatic carbocycles. The molecule has 1 aliphatic rings. The highest BCUT2D eigenvalue weighted by Gasteiger charge is 2.47. The highest BCUT2D eigenvalue weighted by molar-refractivity contribution is 9.10. The van der Waals surface area contributed by atoms with Crippen LogP contribution in [-0.4, -0.2) is 20.4 Å². The van der Waals surface area contributed by atoms with Gasteiger partial charge in [-0.3, -0.25) is 4.79 Å². The minimum absolute atomic E-state index is 0.138. The number of primary sulfonamides is 1. The molecule has 1 aromatic rings. The van der Waals surface area contributed by atoms with Gasteiger partial charge < -0.3 is 5.32 Å². The fourth-order valence-corrected chi connectivity index (χ4v) is 3.72. The molecule has 1 atom stereocenters. The van der Waals surface area contributed by atoms with Crippen LogP contribution < -0.4 is 10.5 Å². The normalized spacial score (nSPS) is 20.2. The van der Waals surface area contributed by atoms with Gasteiger partial charge in [0.15, 0.2) is 5.82 Å². The van der Waals surface area contributed by atoms with Gasteiger partial charge in [-0.1, -0.05) is 13.8 Å². The molecular weight excluding hydrogens is 370 g/mol. The van der Waals surface area contributed by atoms with Crippen LogP contribution in [0.2, 0.25) is 0 Å². The maximum absolute atomic E-state index is 14.2. The van der Waals surface area contributed by atoms with Crippen molar-refractivity contribution in [3.63, 3.8) is 0 Å². The van der Waals surface area contributed by atoms with Crippen molar-refractivity contribution < 1.29 is 22.0 Å². The predicted molar refractivity (Wildman–Crippen MR) is 75.1 cm³/mol. The third-order valence-corrected chi connectivity index (χ3v) is 5.31. The number of hydrogen-bond acceptors (Lipinski definition) is 3. The van der Waals surface area contributed by atoms with E-state index in [0.717, 1.165) is 0 Å². The Hall–Kier alpha value is -1.06. The molecular formula is C12H13BrF2N2O3S. The second kappa shape index (κ2) is 4.99. The van der Waals surface area contributed by atoms with Crippen LogP contribution in [0.1, 0.15) is 30.6 Å². The number of nitrogens with one attached hydrogen (secondary N) is 1. The second-order valence-electron chi connectivity index (χ2n) is 5.62. The van der Waals surface area contributed by atoms with Gasteiger partial charge in [0.2, 0.25) is 10.0 Å². The van der Waals surface area contributed by atoms with Gasteiger partial charge in [0.25, 0.3) is 5.91 Å². The molecule has 0 saturated heterocycles. The maximum Gasteiger partial charge on any atom is 0.257 e. The van der Waals surface area contributed by atoms with Gasteiger partial charge in [-0.2, -0.15) is 0 Å². The van der Waals surface area contributed by atoms with Crippen LogP contribution in [0.25, 0.3) is 0 Å². The van der Waals surface area contributed by atoms with E-state index in [0.29, 0.717) is 12.5 Å². The lowest BCUT2D eigenvalue weighted by atomic mass is 10.1. The number of amides is 1. The van der Waals surface area contributed by atoms with Crippen molar-refractivity contribution in [3.05, 3.63) is 27.7 Å². The lowest BCUT2D eigenvalue weighted by molar-refractivity contribution is 0.0937. The SMILES string of the molecule is CC1(C)CC1NC(=O)c1c(F)cc(Br)c(S(N)(=O)=O)c1F. The van der Waals surface area contributed by atoms with E-state index in [9.17, 15) is 22.0 Å². The summed E-state index contributed by atoms with van der Waals surface area (Å²) >= 11 is 2.73. The summed E-state index contributed by atoms with van der Waals surface area (Å²) in [5.41, 5.74) is -1.09.